The van der Waals surface area contributed by atoms with Crippen LogP contribution < -0.4 is 4.74 Å². The van der Waals surface area contributed by atoms with E-state index in [2.05, 4.69) is 0 Å². The Morgan fingerprint density at radius 1 is 1.04 bits per heavy atom. The van der Waals surface area contributed by atoms with Crippen LogP contribution in [-0.2, 0) is 14.4 Å². The van der Waals surface area contributed by atoms with E-state index in [1.165, 1.54) is 11.8 Å². The summed E-state index contributed by atoms with van der Waals surface area (Å²) in [7, 11) is 0. The smallest absolute Gasteiger partial charge is 0.312 e. The van der Waals surface area contributed by atoms with E-state index in [1.807, 2.05) is 12.2 Å². The second-order valence-electron chi connectivity index (χ2n) is 6.29. The summed E-state index contributed by atoms with van der Waals surface area (Å²) in [5, 5.41) is 0. The molecule has 1 aliphatic carbocycles. The lowest BCUT2D eigenvalue weighted by molar-refractivity contribution is -0.141. The zero-order valence-electron chi connectivity index (χ0n) is 13.9. The van der Waals surface area contributed by atoms with E-state index in [-0.39, 0.29) is 42.4 Å². The van der Waals surface area contributed by atoms with Crippen LogP contribution in [0.25, 0.3) is 0 Å². The van der Waals surface area contributed by atoms with Gasteiger partial charge in [-0.1, -0.05) is 12.2 Å². The van der Waals surface area contributed by atoms with E-state index in [9.17, 15) is 19.2 Å². The quantitative estimate of drug-likeness (QED) is 0.269. The number of esters is 1. The fraction of sp³-hybridized carbons (Fsp3) is 0.368. The number of imide groups is 1. The average molecular weight is 341 g/mol. The van der Waals surface area contributed by atoms with Crippen molar-refractivity contribution in [2.24, 2.45) is 11.8 Å². The van der Waals surface area contributed by atoms with Crippen molar-refractivity contribution >= 4 is 23.6 Å². The maximum Gasteiger partial charge on any atom is 0.312 e. The van der Waals surface area contributed by atoms with Crippen LogP contribution in [0.2, 0.25) is 0 Å². The minimum absolute atomic E-state index is 0.0367. The molecule has 1 saturated heterocycles. The van der Waals surface area contributed by atoms with E-state index in [0.29, 0.717) is 24.2 Å². The van der Waals surface area contributed by atoms with Crippen molar-refractivity contribution in [1.82, 2.24) is 4.90 Å². The Hall–Kier alpha value is -2.76. The first kappa shape index (κ1) is 17.1. The van der Waals surface area contributed by atoms with E-state index < -0.39 is 5.97 Å². The fourth-order valence-corrected chi connectivity index (χ4v) is 3.23. The zero-order valence-corrected chi connectivity index (χ0v) is 13.9. The number of likely N-dealkylation sites (tertiary alicyclic amines) is 1. The largest absolute Gasteiger partial charge is 0.426 e. The number of hydrogen-bond acceptors (Lipinski definition) is 5. The highest BCUT2D eigenvalue weighted by Crippen LogP contribution is 2.35. The molecule has 0 unspecified atom stereocenters. The summed E-state index contributed by atoms with van der Waals surface area (Å²) in [5.41, 5.74) is 0.532. The van der Waals surface area contributed by atoms with E-state index in [4.69, 9.17) is 4.74 Å². The average Bonchev–Trinajstić information content (AvgIpc) is 2.85. The van der Waals surface area contributed by atoms with Crippen LogP contribution in [0.4, 0.5) is 0 Å². The fourth-order valence-electron chi connectivity index (χ4n) is 3.23. The molecular formula is C19H19NO5. The number of ketones is 1. The molecule has 1 fully saturated rings. The summed E-state index contributed by atoms with van der Waals surface area (Å²) < 4.78 is 5.19. The number of rotatable bonds is 5. The summed E-state index contributed by atoms with van der Waals surface area (Å²) in [6.07, 6.45) is 4.96. The monoisotopic (exact) mass is 341 g/mol. The van der Waals surface area contributed by atoms with Crippen LogP contribution in [0.3, 0.4) is 0 Å². The van der Waals surface area contributed by atoms with Gasteiger partial charge in [-0.25, -0.2) is 0 Å². The zero-order chi connectivity index (χ0) is 18.0. The summed E-state index contributed by atoms with van der Waals surface area (Å²) >= 11 is 0. The lowest BCUT2D eigenvalue weighted by Gasteiger charge is -2.14. The van der Waals surface area contributed by atoms with Gasteiger partial charge in [-0.3, -0.25) is 24.1 Å². The third-order valence-corrected chi connectivity index (χ3v) is 4.63. The van der Waals surface area contributed by atoms with Gasteiger partial charge >= 0.3 is 5.97 Å². The molecule has 25 heavy (non-hydrogen) atoms. The minimum Gasteiger partial charge on any atom is -0.426 e. The number of carbonyl (C=O) groups is 4. The predicted molar refractivity (Wildman–Crippen MR) is 88.8 cm³/mol. The second-order valence-corrected chi connectivity index (χ2v) is 6.29. The first-order valence-electron chi connectivity index (χ1n) is 8.29. The summed E-state index contributed by atoms with van der Waals surface area (Å²) in [6.45, 7) is 1.49. The molecule has 2 atom stereocenters. The van der Waals surface area contributed by atoms with Gasteiger partial charge in [0, 0.05) is 12.1 Å². The van der Waals surface area contributed by atoms with E-state index in [1.54, 1.807) is 24.3 Å². The van der Waals surface area contributed by atoms with Crippen molar-refractivity contribution in [3.05, 3.63) is 42.0 Å². The maximum atomic E-state index is 12.3. The predicted octanol–water partition coefficient (Wildman–Crippen LogP) is 2.14. The molecule has 0 N–H and O–H groups in total. The van der Waals surface area contributed by atoms with Crippen molar-refractivity contribution in [2.75, 3.05) is 6.54 Å². The summed E-state index contributed by atoms with van der Waals surface area (Å²) in [6, 6.07) is 6.24. The van der Waals surface area contributed by atoms with Gasteiger partial charge in [0.1, 0.15) is 5.75 Å². The third kappa shape index (κ3) is 3.52. The highest BCUT2D eigenvalue weighted by Gasteiger charge is 2.46. The molecule has 130 valence electrons. The number of benzene rings is 1. The highest BCUT2D eigenvalue weighted by molar-refractivity contribution is 6.05. The lowest BCUT2D eigenvalue weighted by atomic mass is 9.85. The molecule has 0 aromatic heterocycles. The number of Topliss-reactive ketones (excluding diaryl/α,β-unsaturated/α-hetero) is 1. The van der Waals surface area contributed by atoms with Gasteiger partial charge in [0.05, 0.1) is 18.3 Å². The number of allylic oxidation sites excluding steroid dienone is 2. The molecule has 2 amide bonds. The minimum atomic E-state index is -0.524. The van der Waals surface area contributed by atoms with Gasteiger partial charge < -0.3 is 4.74 Å². The normalized spacial score (nSPS) is 22.0. The summed E-state index contributed by atoms with van der Waals surface area (Å²) in [4.78, 5) is 49.0. The van der Waals surface area contributed by atoms with E-state index in [0.717, 1.165) is 0 Å². The number of carbonyl (C=O) groups excluding carboxylic acids is 4. The third-order valence-electron chi connectivity index (χ3n) is 4.63. The summed E-state index contributed by atoms with van der Waals surface area (Å²) in [5.74, 6) is -1.23. The van der Waals surface area contributed by atoms with Gasteiger partial charge in [-0.2, -0.15) is 0 Å². The molecule has 3 rings (SSSR count). The Morgan fingerprint density at radius 2 is 1.60 bits per heavy atom. The topological polar surface area (TPSA) is 80.8 Å². The molecule has 0 spiro atoms. The van der Waals surface area contributed by atoms with Gasteiger partial charge in [-0.15, -0.1) is 0 Å². The van der Waals surface area contributed by atoms with Gasteiger partial charge in [0.2, 0.25) is 11.8 Å². The number of nitrogens with zero attached hydrogens (tertiary/aromatic N) is 1. The molecule has 1 heterocycles. The molecule has 1 aromatic carbocycles. The van der Waals surface area contributed by atoms with Crippen LogP contribution in [0.15, 0.2) is 36.4 Å². The second kappa shape index (κ2) is 7.01. The molecule has 0 bridgehead atoms. The van der Waals surface area contributed by atoms with Crippen molar-refractivity contribution in [1.29, 1.82) is 0 Å². The van der Waals surface area contributed by atoms with Crippen LogP contribution in [-0.4, -0.2) is 35.0 Å². The maximum absolute atomic E-state index is 12.3. The van der Waals surface area contributed by atoms with Gasteiger partial charge in [-0.05, 0) is 44.0 Å². The Bertz CT molecular complexity index is 724. The van der Waals surface area contributed by atoms with Crippen LogP contribution in [0.5, 0.6) is 5.75 Å². The van der Waals surface area contributed by atoms with Crippen LogP contribution in [0.1, 0.15) is 36.5 Å². The van der Waals surface area contributed by atoms with Crippen LogP contribution in [0, 0.1) is 11.8 Å². The SMILES string of the molecule is CC(=O)c1ccc(OC(=O)CCN2C(=O)[C@@H]3CC=CC[C@H]3C2=O)cc1. The molecule has 6 heteroatoms. The molecule has 1 aliphatic heterocycles. The highest BCUT2D eigenvalue weighted by atomic mass is 16.5. The first-order chi connectivity index (χ1) is 12.0. The van der Waals surface area contributed by atoms with E-state index >= 15 is 0 Å². The molecule has 2 aliphatic rings. The Balaban J connectivity index is 1.55. The number of hydrogen-bond donors (Lipinski definition) is 0. The van der Waals surface area contributed by atoms with Crippen LogP contribution >= 0.6 is 0 Å². The number of fused-ring (bicyclic) bond motifs is 1. The Labute approximate surface area is 145 Å². The number of amides is 2. The molecule has 1 aromatic rings. The Morgan fingerprint density at radius 3 is 2.12 bits per heavy atom. The van der Waals surface area contributed by atoms with Crippen molar-refractivity contribution in [2.45, 2.75) is 26.2 Å². The molecule has 0 saturated carbocycles. The number of ether oxygens (including phenoxy) is 1. The lowest BCUT2D eigenvalue weighted by Crippen LogP contribution is -2.33. The van der Waals surface area contributed by atoms with Crippen molar-refractivity contribution in [3.8, 4) is 5.75 Å². The molecular weight excluding hydrogens is 322 g/mol. The van der Waals surface area contributed by atoms with Gasteiger partial charge in [0.25, 0.3) is 0 Å². The first-order valence-corrected chi connectivity index (χ1v) is 8.29. The van der Waals surface area contributed by atoms with Crippen molar-refractivity contribution < 1.29 is 23.9 Å². The van der Waals surface area contributed by atoms with Gasteiger partial charge in [0.15, 0.2) is 5.78 Å². The standard InChI is InChI=1S/C19H19NO5/c1-12(21)13-6-8-14(9-7-13)25-17(22)10-11-20-18(23)15-4-2-3-5-16(15)19(20)24/h2-3,6-9,15-16H,4-5,10-11H2,1H3/t15-,16-/m1/s1. The Kier molecular flexibility index (Phi) is 4.79. The molecule has 6 nitrogen and oxygen atoms in total. The molecule has 0 radical (unpaired) electrons. The van der Waals surface area contributed by atoms with Crippen molar-refractivity contribution in [3.63, 3.8) is 0 Å².